The number of nitrogens with zero attached hydrogens (tertiary/aromatic N) is 2. The molecule has 21 heavy (non-hydrogen) atoms. The van der Waals surface area contributed by atoms with E-state index in [1.54, 1.807) is 31.0 Å². The molecule has 1 unspecified atom stereocenters. The van der Waals surface area contributed by atoms with E-state index in [1.807, 2.05) is 0 Å². The van der Waals surface area contributed by atoms with E-state index in [0.717, 1.165) is 5.56 Å². The average Bonchev–Trinajstić information content (AvgIpc) is 2.87. The SMILES string of the molecule is CC(O)c1cc([N+](=O)[O-])c(N(C)Cc2ccc(F)cc2)s1. The maximum Gasteiger partial charge on any atom is 0.304 e. The molecule has 0 aliphatic rings. The summed E-state index contributed by atoms with van der Waals surface area (Å²) in [5.74, 6) is -0.320. The molecule has 5 nitrogen and oxygen atoms in total. The maximum atomic E-state index is 12.9. The molecule has 0 bridgehead atoms. The molecule has 1 N–H and O–H groups in total. The summed E-state index contributed by atoms with van der Waals surface area (Å²) in [7, 11) is 1.73. The van der Waals surface area contributed by atoms with Crippen molar-refractivity contribution in [3.05, 3.63) is 56.7 Å². The molecule has 0 aliphatic carbocycles. The van der Waals surface area contributed by atoms with E-state index >= 15 is 0 Å². The molecule has 0 saturated carbocycles. The lowest BCUT2D eigenvalue weighted by Crippen LogP contribution is -2.16. The van der Waals surface area contributed by atoms with Crippen LogP contribution in [-0.4, -0.2) is 17.1 Å². The van der Waals surface area contributed by atoms with E-state index < -0.39 is 11.0 Å². The Hall–Kier alpha value is -1.99. The van der Waals surface area contributed by atoms with Crippen molar-refractivity contribution in [2.24, 2.45) is 0 Å². The molecule has 0 amide bonds. The monoisotopic (exact) mass is 310 g/mol. The van der Waals surface area contributed by atoms with Crippen LogP contribution >= 0.6 is 11.3 Å². The fourth-order valence-electron chi connectivity index (χ4n) is 1.94. The topological polar surface area (TPSA) is 66.6 Å². The lowest BCUT2D eigenvalue weighted by atomic mass is 10.2. The molecule has 1 heterocycles. The van der Waals surface area contributed by atoms with Crippen LogP contribution in [0.2, 0.25) is 0 Å². The Morgan fingerprint density at radius 2 is 2.05 bits per heavy atom. The Morgan fingerprint density at radius 1 is 1.43 bits per heavy atom. The van der Waals surface area contributed by atoms with E-state index in [0.29, 0.717) is 16.4 Å². The summed E-state index contributed by atoms with van der Waals surface area (Å²) >= 11 is 1.19. The van der Waals surface area contributed by atoms with Gasteiger partial charge in [-0.3, -0.25) is 10.1 Å². The number of rotatable bonds is 5. The van der Waals surface area contributed by atoms with Crippen LogP contribution in [-0.2, 0) is 6.54 Å². The number of halogens is 1. The molecular formula is C14H15FN2O3S. The van der Waals surface area contributed by atoms with Crippen molar-refractivity contribution in [3.63, 3.8) is 0 Å². The highest BCUT2D eigenvalue weighted by Gasteiger charge is 2.23. The van der Waals surface area contributed by atoms with Crippen LogP contribution in [0.4, 0.5) is 15.1 Å². The Kier molecular flexibility index (Phi) is 4.54. The summed E-state index contributed by atoms with van der Waals surface area (Å²) in [4.78, 5) is 12.9. The Morgan fingerprint density at radius 3 is 2.57 bits per heavy atom. The van der Waals surface area contributed by atoms with Crippen molar-refractivity contribution in [2.75, 3.05) is 11.9 Å². The van der Waals surface area contributed by atoms with Crippen LogP contribution in [0, 0.1) is 15.9 Å². The van der Waals surface area contributed by atoms with E-state index in [2.05, 4.69) is 0 Å². The fraction of sp³-hybridized carbons (Fsp3) is 0.286. The van der Waals surface area contributed by atoms with Gasteiger partial charge in [0.1, 0.15) is 5.82 Å². The largest absolute Gasteiger partial charge is 0.388 e. The molecule has 0 radical (unpaired) electrons. The lowest BCUT2D eigenvalue weighted by molar-refractivity contribution is -0.383. The summed E-state index contributed by atoms with van der Waals surface area (Å²) in [5.41, 5.74) is 0.820. The highest BCUT2D eigenvalue weighted by molar-refractivity contribution is 7.16. The molecule has 0 aliphatic heterocycles. The van der Waals surface area contributed by atoms with Gasteiger partial charge in [-0.25, -0.2) is 4.39 Å². The van der Waals surface area contributed by atoms with Gasteiger partial charge in [0.2, 0.25) is 0 Å². The van der Waals surface area contributed by atoms with Gasteiger partial charge in [0.05, 0.1) is 11.0 Å². The van der Waals surface area contributed by atoms with Crippen molar-refractivity contribution in [1.82, 2.24) is 0 Å². The van der Waals surface area contributed by atoms with Crippen LogP contribution in [0.15, 0.2) is 30.3 Å². The maximum absolute atomic E-state index is 12.9. The Bertz CT molecular complexity index is 640. The number of hydrogen-bond donors (Lipinski definition) is 1. The van der Waals surface area contributed by atoms with Crippen LogP contribution in [0.25, 0.3) is 0 Å². The molecule has 0 fully saturated rings. The smallest absolute Gasteiger partial charge is 0.304 e. The summed E-state index contributed by atoms with van der Waals surface area (Å²) < 4.78 is 12.9. The Balaban J connectivity index is 2.27. The third-order valence-corrected chi connectivity index (χ3v) is 4.41. The minimum atomic E-state index is -0.748. The van der Waals surface area contributed by atoms with Gasteiger partial charge in [-0.05, 0) is 24.6 Å². The van der Waals surface area contributed by atoms with Gasteiger partial charge < -0.3 is 10.0 Å². The van der Waals surface area contributed by atoms with Crippen molar-refractivity contribution < 1.29 is 14.4 Å². The summed E-state index contributed by atoms with van der Waals surface area (Å²) in [5, 5.41) is 21.2. The van der Waals surface area contributed by atoms with Gasteiger partial charge in [0.25, 0.3) is 0 Å². The number of nitro groups is 1. The molecule has 7 heteroatoms. The molecule has 2 aromatic rings. The second-order valence-corrected chi connectivity index (χ2v) is 5.82. The Labute approximate surface area is 125 Å². The minimum absolute atomic E-state index is 0.0273. The van der Waals surface area contributed by atoms with E-state index in [9.17, 15) is 19.6 Å². The molecule has 1 aromatic heterocycles. The molecule has 0 saturated heterocycles. The zero-order chi connectivity index (χ0) is 15.6. The normalized spacial score (nSPS) is 12.2. The molecule has 1 atom stereocenters. The van der Waals surface area contributed by atoms with Crippen molar-refractivity contribution in [2.45, 2.75) is 19.6 Å². The number of benzene rings is 1. The predicted octanol–water partition coefficient (Wildman–Crippen LogP) is 3.49. The summed E-state index contributed by atoms with van der Waals surface area (Å²) in [6, 6.07) is 7.38. The number of anilines is 1. The van der Waals surface area contributed by atoms with Crippen LogP contribution in [0.1, 0.15) is 23.5 Å². The van der Waals surface area contributed by atoms with Gasteiger partial charge in [0, 0.05) is 24.5 Å². The number of thiophene rings is 1. The van der Waals surface area contributed by atoms with Gasteiger partial charge in [-0.15, -0.1) is 11.3 Å². The van der Waals surface area contributed by atoms with Gasteiger partial charge in [-0.2, -0.15) is 0 Å². The second-order valence-electron chi connectivity index (χ2n) is 4.75. The first-order valence-electron chi connectivity index (χ1n) is 6.30. The van der Waals surface area contributed by atoms with Crippen molar-refractivity contribution >= 4 is 22.0 Å². The predicted molar refractivity (Wildman–Crippen MR) is 80.1 cm³/mol. The molecule has 0 spiro atoms. The van der Waals surface area contributed by atoms with Crippen LogP contribution in [0.3, 0.4) is 0 Å². The highest BCUT2D eigenvalue weighted by atomic mass is 32.1. The number of aliphatic hydroxyl groups is 1. The fourth-order valence-corrected chi connectivity index (χ4v) is 2.96. The lowest BCUT2D eigenvalue weighted by Gasteiger charge is -2.16. The summed E-state index contributed by atoms with van der Waals surface area (Å²) in [6.45, 7) is 1.99. The first-order chi connectivity index (χ1) is 9.88. The third-order valence-electron chi connectivity index (χ3n) is 3.00. The van der Waals surface area contributed by atoms with Crippen LogP contribution in [0.5, 0.6) is 0 Å². The van der Waals surface area contributed by atoms with Crippen LogP contribution < -0.4 is 4.90 Å². The van der Waals surface area contributed by atoms with E-state index in [4.69, 9.17) is 0 Å². The van der Waals surface area contributed by atoms with Gasteiger partial charge >= 0.3 is 5.69 Å². The zero-order valence-corrected chi connectivity index (χ0v) is 12.4. The molecule has 1 aromatic carbocycles. The van der Waals surface area contributed by atoms with Gasteiger partial charge in [-0.1, -0.05) is 12.1 Å². The second kappa shape index (κ2) is 6.19. The van der Waals surface area contributed by atoms with E-state index in [-0.39, 0.29) is 11.5 Å². The minimum Gasteiger partial charge on any atom is -0.388 e. The van der Waals surface area contributed by atoms with Crippen molar-refractivity contribution in [3.8, 4) is 0 Å². The molecular weight excluding hydrogens is 295 g/mol. The standard InChI is InChI=1S/C14H15FN2O3S/c1-9(18)13-7-12(17(19)20)14(21-13)16(2)8-10-3-5-11(15)6-4-10/h3-7,9,18H,8H2,1-2H3. The third kappa shape index (κ3) is 3.56. The first kappa shape index (κ1) is 15.4. The zero-order valence-electron chi connectivity index (χ0n) is 11.6. The first-order valence-corrected chi connectivity index (χ1v) is 7.12. The molecule has 112 valence electrons. The number of aliphatic hydroxyl groups excluding tert-OH is 1. The van der Waals surface area contributed by atoms with E-state index in [1.165, 1.54) is 29.5 Å². The molecule has 2 rings (SSSR count). The van der Waals surface area contributed by atoms with Crippen molar-refractivity contribution in [1.29, 1.82) is 0 Å². The quantitative estimate of drug-likeness (QED) is 0.678. The van der Waals surface area contributed by atoms with Gasteiger partial charge in [0.15, 0.2) is 5.00 Å². The average molecular weight is 310 g/mol. The summed E-state index contributed by atoms with van der Waals surface area (Å²) in [6.07, 6.45) is -0.748. The highest BCUT2D eigenvalue weighted by Crippen LogP contribution is 2.40. The number of hydrogen-bond acceptors (Lipinski definition) is 5.